The summed E-state index contributed by atoms with van der Waals surface area (Å²) in [5, 5.41) is 0. The summed E-state index contributed by atoms with van der Waals surface area (Å²) in [4.78, 5) is 20.3. The molecule has 1 heterocycles. The van der Waals surface area contributed by atoms with Gasteiger partial charge in [0.05, 0.1) is 12.8 Å². The van der Waals surface area contributed by atoms with Crippen molar-refractivity contribution < 1.29 is 9.53 Å². The van der Waals surface area contributed by atoms with Gasteiger partial charge in [-0.05, 0) is 37.1 Å². The Morgan fingerprint density at radius 1 is 0.935 bits per heavy atom. The third-order valence-electron chi connectivity index (χ3n) is 6.73. The van der Waals surface area contributed by atoms with Gasteiger partial charge in [-0.15, -0.1) is 0 Å². The Morgan fingerprint density at radius 2 is 1.61 bits per heavy atom. The van der Waals surface area contributed by atoms with E-state index in [1.54, 1.807) is 7.11 Å². The number of amides is 1. The number of benzene rings is 2. The molecule has 166 valence electrons. The van der Waals surface area contributed by atoms with Crippen molar-refractivity contribution in [3.05, 3.63) is 54.6 Å². The lowest BCUT2D eigenvalue weighted by Crippen LogP contribution is -2.49. The third kappa shape index (κ3) is 5.40. The molecule has 0 atom stereocenters. The number of methoxy groups -OCH3 is 1. The second-order valence-electron chi connectivity index (χ2n) is 8.66. The van der Waals surface area contributed by atoms with Gasteiger partial charge in [0.25, 0.3) is 0 Å². The van der Waals surface area contributed by atoms with Crippen LogP contribution >= 0.6 is 0 Å². The molecule has 0 unspecified atom stereocenters. The zero-order chi connectivity index (χ0) is 21.5. The van der Waals surface area contributed by atoms with Crippen LogP contribution in [0.15, 0.2) is 54.6 Å². The number of hydrogen-bond acceptors (Lipinski definition) is 4. The summed E-state index contributed by atoms with van der Waals surface area (Å²) in [6, 6.07) is 18.5. The van der Waals surface area contributed by atoms with Crippen molar-refractivity contribution in [1.29, 1.82) is 0 Å². The van der Waals surface area contributed by atoms with E-state index in [0.29, 0.717) is 5.91 Å². The zero-order valence-corrected chi connectivity index (χ0v) is 18.7. The maximum absolute atomic E-state index is 13.4. The van der Waals surface area contributed by atoms with Crippen LogP contribution in [0, 0.1) is 5.92 Å². The summed E-state index contributed by atoms with van der Waals surface area (Å²) in [5.41, 5.74) is 2.20. The minimum atomic E-state index is 0.191. The number of para-hydroxylation sites is 3. The monoisotopic (exact) mass is 421 g/mol. The van der Waals surface area contributed by atoms with Crippen LogP contribution in [-0.2, 0) is 4.79 Å². The Labute approximate surface area is 186 Å². The van der Waals surface area contributed by atoms with Crippen molar-refractivity contribution >= 4 is 17.3 Å². The molecule has 2 aromatic carbocycles. The first-order valence-corrected chi connectivity index (χ1v) is 11.7. The summed E-state index contributed by atoms with van der Waals surface area (Å²) in [7, 11) is 1.73. The van der Waals surface area contributed by atoms with Gasteiger partial charge in [-0.3, -0.25) is 9.69 Å². The van der Waals surface area contributed by atoms with Crippen molar-refractivity contribution in [3.8, 4) is 5.75 Å². The van der Waals surface area contributed by atoms with Gasteiger partial charge in [0.15, 0.2) is 0 Å². The fourth-order valence-electron chi connectivity index (χ4n) is 4.89. The van der Waals surface area contributed by atoms with E-state index in [1.165, 1.54) is 24.9 Å². The highest BCUT2D eigenvalue weighted by molar-refractivity contribution is 5.95. The largest absolute Gasteiger partial charge is 0.495 e. The van der Waals surface area contributed by atoms with Gasteiger partial charge in [-0.25, -0.2) is 0 Å². The average Bonchev–Trinajstić information content (AvgIpc) is 2.85. The molecule has 31 heavy (non-hydrogen) atoms. The van der Waals surface area contributed by atoms with E-state index in [4.69, 9.17) is 4.74 Å². The third-order valence-corrected chi connectivity index (χ3v) is 6.73. The number of hydrogen-bond donors (Lipinski definition) is 0. The number of piperazine rings is 1. The number of carbonyl (C=O) groups excluding carboxylic acids is 1. The first kappa shape index (κ1) is 21.7. The molecule has 5 nitrogen and oxygen atoms in total. The van der Waals surface area contributed by atoms with Crippen molar-refractivity contribution in [2.24, 2.45) is 5.92 Å². The van der Waals surface area contributed by atoms with Gasteiger partial charge in [0.2, 0.25) is 5.91 Å². The predicted molar refractivity (Wildman–Crippen MR) is 127 cm³/mol. The quantitative estimate of drug-likeness (QED) is 0.663. The highest BCUT2D eigenvalue weighted by atomic mass is 16.5. The molecule has 4 rings (SSSR count). The van der Waals surface area contributed by atoms with Crippen molar-refractivity contribution in [1.82, 2.24) is 4.90 Å². The van der Waals surface area contributed by atoms with Crippen LogP contribution in [0.4, 0.5) is 11.4 Å². The Balaban J connectivity index is 1.36. The maximum atomic E-state index is 13.4. The predicted octanol–water partition coefficient (Wildman–Crippen LogP) is 4.43. The summed E-state index contributed by atoms with van der Waals surface area (Å²) in [6.07, 6.45) is 5.72. The molecule has 1 saturated heterocycles. The Bertz CT molecular complexity index is 828. The number of ether oxygens (including phenoxy) is 1. The average molecular weight is 422 g/mol. The highest BCUT2D eigenvalue weighted by Crippen LogP contribution is 2.29. The maximum Gasteiger partial charge on any atom is 0.230 e. The summed E-state index contributed by atoms with van der Waals surface area (Å²) >= 11 is 0. The van der Waals surface area contributed by atoms with Gasteiger partial charge in [-0.1, -0.05) is 49.6 Å². The standard InChI is InChI=1S/C26H35N3O2/c1-31-25-15-9-8-14-24(25)28-19-16-27(17-20-28)18-21-29(23-12-6-3-7-13-23)26(30)22-10-4-2-5-11-22/h3,6-9,12-15,22H,2,4-5,10-11,16-21H2,1H3. The van der Waals surface area contributed by atoms with Crippen LogP contribution < -0.4 is 14.5 Å². The van der Waals surface area contributed by atoms with Crippen LogP contribution in [-0.4, -0.2) is 57.2 Å². The van der Waals surface area contributed by atoms with Gasteiger partial charge >= 0.3 is 0 Å². The van der Waals surface area contributed by atoms with Gasteiger partial charge in [0.1, 0.15) is 5.75 Å². The van der Waals surface area contributed by atoms with Crippen LogP contribution in [0.3, 0.4) is 0 Å². The van der Waals surface area contributed by atoms with E-state index in [0.717, 1.165) is 63.5 Å². The second-order valence-corrected chi connectivity index (χ2v) is 8.66. The molecule has 1 aliphatic heterocycles. The van der Waals surface area contributed by atoms with Crippen LogP contribution in [0.5, 0.6) is 5.75 Å². The first-order valence-electron chi connectivity index (χ1n) is 11.7. The molecule has 0 spiro atoms. The van der Waals surface area contributed by atoms with E-state index < -0.39 is 0 Å². The zero-order valence-electron chi connectivity index (χ0n) is 18.7. The molecule has 1 amide bonds. The number of carbonyl (C=O) groups is 1. The van der Waals surface area contributed by atoms with Gasteiger partial charge in [-0.2, -0.15) is 0 Å². The molecule has 0 aromatic heterocycles. The van der Waals surface area contributed by atoms with E-state index in [9.17, 15) is 4.79 Å². The SMILES string of the molecule is COc1ccccc1N1CCN(CCN(C(=O)C2CCCCC2)c2ccccc2)CC1. The fourth-order valence-corrected chi connectivity index (χ4v) is 4.89. The molecule has 2 fully saturated rings. The smallest absolute Gasteiger partial charge is 0.230 e. The molecule has 2 aliphatic rings. The normalized spacial score (nSPS) is 18.0. The topological polar surface area (TPSA) is 36.0 Å². The van der Waals surface area contributed by atoms with E-state index >= 15 is 0 Å². The molecule has 2 aromatic rings. The lowest BCUT2D eigenvalue weighted by molar-refractivity contribution is -0.123. The van der Waals surface area contributed by atoms with Crippen molar-refractivity contribution in [2.75, 3.05) is 56.2 Å². The molecular weight excluding hydrogens is 386 g/mol. The minimum absolute atomic E-state index is 0.191. The fraction of sp³-hybridized carbons (Fsp3) is 0.500. The Kier molecular flexibility index (Phi) is 7.47. The first-order chi connectivity index (χ1) is 15.3. The van der Waals surface area contributed by atoms with E-state index in [2.05, 4.69) is 34.1 Å². The molecule has 0 N–H and O–H groups in total. The lowest BCUT2D eigenvalue weighted by atomic mass is 9.88. The minimum Gasteiger partial charge on any atom is -0.495 e. The van der Waals surface area contributed by atoms with E-state index in [-0.39, 0.29) is 5.92 Å². The molecule has 5 heteroatoms. The summed E-state index contributed by atoms with van der Waals surface area (Å²) in [6.45, 7) is 5.61. The molecule has 0 radical (unpaired) electrons. The van der Waals surface area contributed by atoms with E-state index in [1.807, 2.05) is 35.2 Å². The molecule has 1 aliphatic carbocycles. The van der Waals surface area contributed by atoms with Crippen molar-refractivity contribution in [3.63, 3.8) is 0 Å². The lowest BCUT2D eigenvalue weighted by Gasteiger charge is -2.38. The number of nitrogens with zero attached hydrogens (tertiary/aromatic N) is 3. The van der Waals surface area contributed by atoms with Crippen LogP contribution in [0.1, 0.15) is 32.1 Å². The molecule has 0 bridgehead atoms. The van der Waals surface area contributed by atoms with Gasteiger partial charge in [0, 0.05) is 50.9 Å². The Morgan fingerprint density at radius 3 is 2.32 bits per heavy atom. The van der Waals surface area contributed by atoms with Gasteiger partial charge < -0.3 is 14.5 Å². The van der Waals surface area contributed by atoms with Crippen LogP contribution in [0.25, 0.3) is 0 Å². The second kappa shape index (κ2) is 10.7. The number of rotatable bonds is 7. The van der Waals surface area contributed by atoms with Crippen LogP contribution in [0.2, 0.25) is 0 Å². The van der Waals surface area contributed by atoms with Crippen molar-refractivity contribution in [2.45, 2.75) is 32.1 Å². The highest BCUT2D eigenvalue weighted by Gasteiger charge is 2.28. The molecular formula is C26H35N3O2. The summed E-state index contributed by atoms with van der Waals surface area (Å²) < 4.78 is 5.54. The number of anilines is 2. The Hall–Kier alpha value is -2.53. The summed E-state index contributed by atoms with van der Waals surface area (Å²) in [5.74, 6) is 1.44. The molecule has 1 saturated carbocycles.